The minimum Gasteiger partial charge on any atom is -0.361 e. The highest BCUT2D eigenvalue weighted by atomic mass is 35.5. The molecule has 0 unspecified atom stereocenters. The molecule has 2 heterocycles. The lowest BCUT2D eigenvalue weighted by molar-refractivity contribution is -0.110. The minimum absolute atomic E-state index is 0. The van der Waals surface area contributed by atoms with E-state index in [0.717, 1.165) is 0 Å². The van der Waals surface area contributed by atoms with E-state index in [0.29, 0.717) is 34.6 Å². The van der Waals surface area contributed by atoms with Gasteiger partial charge in [-0.1, -0.05) is 11.8 Å². The molecule has 1 aliphatic rings. The van der Waals surface area contributed by atoms with Crippen LogP contribution < -0.4 is 10.6 Å². The Morgan fingerprint density at radius 3 is 2.81 bits per heavy atom. The first-order chi connectivity index (χ1) is 12.0. The summed E-state index contributed by atoms with van der Waals surface area (Å²) in [6.07, 6.45) is 3.16. The van der Waals surface area contributed by atoms with E-state index in [2.05, 4.69) is 27.5 Å². The van der Waals surface area contributed by atoms with Gasteiger partial charge in [0.1, 0.15) is 5.82 Å². The number of hydrogen-bond donors (Lipinski definition) is 3. The van der Waals surface area contributed by atoms with Crippen LogP contribution in [-0.4, -0.2) is 30.3 Å². The zero-order chi connectivity index (χ0) is 18.0. The van der Waals surface area contributed by atoms with Crippen molar-refractivity contribution < 1.29 is 14.0 Å². The topological polar surface area (TPSA) is 74.0 Å². The van der Waals surface area contributed by atoms with E-state index in [1.54, 1.807) is 25.4 Å². The maximum atomic E-state index is 14.3. The highest BCUT2D eigenvalue weighted by molar-refractivity contribution is 6.35. The van der Waals surface area contributed by atoms with Gasteiger partial charge in [0, 0.05) is 23.0 Å². The molecular formula is C19H17ClFN3O2. The summed E-state index contributed by atoms with van der Waals surface area (Å²) in [5, 5.41) is 5.59. The van der Waals surface area contributed by atoms with Gasteiger partial charge in [0.25, 0.3) is 5.91 Å². The van der Waals surface area contributed by atoms with Crippen molar-refractivity contribution in [3.8, 4) is 11.8 Å². The summed E-state index contributed by atoms with van der Waals surface area (Å²) in [5.74, 6) is 4.71. The molecule has 5 nitrogen and oxygen atoms in total. The van der Waals surface area contributed by atoms with Crippen molar-refractivity contribution in [3.63, 3.8) is 0 Å². The number of benzene rings is 1. The number of ketones is 1. The standard InChI is InChI=1S/C19H16FN3O2.ClH/c1-11(24)12-8-13(22-10-12)9-15-18-14(4-3-7-21-2)16(20)5-6-17(18)23-19(15)25;/h5-6,8-10,21-22H,7H2,1-2H3,(H,23,25);1H. The molecule has 0 saturated carbocycles. The maximum Gasteiger partial charge on any atom is 0.256 e. The van der Waals surface area contributed by atoms with Crippen LogP contribution in [0.4, 0.5) is 10.1 Å². The van der Waals surface area contributed by atoms with Crippen molar-refractivity contribution in [2.24, 2.45) is 0 Å². The van der Waals surface area contributed by atoms with Crippen molar-refractivity contribution in [1.82, 2.24) is 10.3 Å². The smallest absolute Gasteiger partial charge is 0.256 e. The average Bonchev–Trinajstić information content (AvgIpc) is 3.16. The monoisotopic (exact) mass is 373 g/mol. The highest BCUT2D eigenvalue weighted by Gasteiger charge is 2.28. The number of fused-ring (bicyclic) bond motifs is 1. The van der Waals surface area contributed by atoms with Crippen LogP contribution in [-0.2, 0) is 4.79 Å². The molecule has 0 radical (unpaired) electrons. The lowest BCUT2D eigenvalue weighted by atomic mass is 9.99. The van der Waals surface area contributed by atoms with E-state index < -0.39 is 5.82 Å². The third kappa shape index (κ3) is 3.69. The summed E-state index contributed by atoms with van der Waals surface area (Å²) in [6, 6.07) is 4.45. The van der Waals surface area contributed by atoms with Gasteiger partial charge in [-0.2, -0.15) is 0 Å². The first-order valence-corrected chi connectivity index (χ1v) is 7.70. The largest absolute Gasteiger partial charge is 0.361 e. The summed E-state index contributed by atoms with van der Waals surface area (Å²) in [4.78, 5) is 26.7. The van der Waals surface area contributed by atoms with Gasteiger partial charge in [0.15, 0.2) is 5.78 Å². The van der Waals surface area contributed by atoms with Crippen LogP contribution >= 0.6 is 12.4 Å². The first-order valence-electron chi connectivity index (χ1n) is 7.70. The maximum absolute atomic E-state index is 14.3. The summed E-state index contributed by atoms with van der Waals surface area (Å²) in [6.45, 7) is 1.87. The number of carbonyl (C=O) groups excluding carboxylic acids is 2. The van der Waals surface area contributed by atoms with E-state index in [4.69, 9.17) is 0 Å². The Kier molecular flexibility index (Phi) is 5.98. The Morgan fingerprint density at radius 2 is 2.15 bits per heavy atom. The van der Waals surface area contributed by atoms with Gasteiger partial charge in [-0.05, 0) is 38.2 Å². The zero-order valence-electron chi connectivity index (χ0n) is 14.2. The Morgan fingerprint density at radius 1 is 1.38 bits per heavy atom. The molecule has 3 N–H and O–H groups in total. The molecule has 134 valence electrons. The fourth-order valence-electron chi connectivity index (χ4n) is 2.60. The number of Topliss-reactive ketones (excluding diaryl/α,β-unsaturated/α-hetero) is 1. The van der Waals surface area contributed by atoms with Crippen molar-refractivity contribution in [2.45, 2.75) is 6.92 Å². The molecule has 2 aromatic rings. The second-order valence-corrected chi connectivity index (χ2v) is 5.59. The molecule has 7 heteroatoms. The number of H-pyrrole nitrogens is 1. The lowest BCUT2D eigenvalue weighted by Gasteiger charge is -2.04. The number of aromatic amines is 1. The van der Waals surface area contributed by atoms with Gasteiger partial charge in [-0.3, -0.25) is 9.59 Å². The Bertz CT molecular complexity index is 967. The second-order valence-electron chi connectivity index (χ2n) is 5.59. The molecule has 3 rings (SSSR count). The van der Waals surface area contributed by atoms with Crippen molar-refractivity contribution in [3.05, 3.63) is 52.6 Å². The van der Waals surface area contributed by atoms with Gasteiger partial charge >= 0.3 is 0 Å². The number of carbonyl (C=O) groups is 2. The summed E-state index contributed by atoms with van der Waals surface area (Å²) >= 11 is 0. The van der Waals surface area contributed by atoms with E-state index >= 15 is 0 Å². The van der Waals surface area contributed by atoms with Crippen LogP contribution in [0.1, 0.15) is 34.1 Å². The molecule has 1 aromatic carbocycles. The average molecular weight is 374 g/mol. The Balaban J connectivity index is 0.00000243. The Hall–Kier alpha value is -2.88. The van der Waals surface area contributed by atoms with E-state index in [1.807, 2.05) is 0 Å². The minimum atomic E-state index is -0.485. The molecule has 1 aromatic heterocycles. The molecule has 0 bridgehead atoms. The third-order valence-electron chi connectivity index (χ3n) is 3.81. The van der Waals surface area contributed by atoms with E-state index in [-0.39, 0.29) is 29.7 Å². The fraction of sp³-hybridized carbons (Fsp3) is 0.158. The number of aromatic nitrogens is 1. The predicted octanol–water partition coefficient (Wildman–Crippen LogP) is 2.84. The van der Waals surface area contributed by atoms with E-state index in [9.17, 15) is 14.0 Å². The zero-order valence-corrected chi connectivity index (χ0v) is 15.0. The fourth-order valence-corrected chi connectivity index (χ4v) is 2.60. The summed E-state index contributed by atoms with van der Waals surface area (Å²) < 4.78 is 14.3. The molecule has 1 aliphatic heterocycles. The van der Waals surface area contributed by atoms with Gasteiger partial charge in [-0.15, -0.1) is 12.4 Å². The number of rotatable bonds is 3. The van der Waals surface area contributed by atoms with Crippen molar-refractivity contribution >= 4 is 41.4 Å². The van der Waals surface area contributed by atoms with Crippen LogP contribution in [0, 0.1) is 17.7 Å². The molecule has 1 amide bonds. The number of nitrogens with one attached hydrogen (secondary N) is 3. The van der Waals surface area contributed by atoms with Crippen LogP contribution in [0.3, 0.4) is 0 Å². The van der Waals surface area contributed by atoms with Crippen molar-refractivity contribution in [1.29, 1.82) is 0 Å². The van der Waals surface area contributed by atoms with Crippen LogP contribution in [0.5, 0.6) is 0 Å². The number of amides is 1. The molecular weight excluding hydrogens is 357 g/mol. The van der Waals surface area contributed by atoms with Crippen LogP contribution in [0.15, 0.2) is 24.4 Å². The second kappa shape index (κ2) is 8.00. The SMILES string of the molecule is CNCC#Cc1c(F)ccc2c1C(=Cc1cc(C(C)=O)c[nH]1)C(=O)N2.Cl. The van der Waals surface area contributed by atoms with Crippen molar-refractivity contribution in [2.75, 3.05) is 18.9 Å². The van der Waals surface area contributed by atoms with Crippen LogP contribution in [0.2, 0.25) is 0 Å². The molecule has 0 aliphatic carbocycles. The van der Waals surface area contributed by atoms with Gasteiger partial charge in [0.2, 0.25) is 0 Å². The molecule has 26 heavy (non-hydrogen) atoms. The molecule has 0 spiro atoms. The summed E-state index contributed by atoms with van der Waals surface area (Å²) in [7, 11) is 1.74. The van der Waals surface area contributed by atoms with E-state index in [1.165, 1.54) is 19.1 Å². The third-order valence-corrected chi connectivity index (χ3v) is 3.81. The van der Waals surface area contributed by atoms with Crippen LogP contribution in [0.25, 0.3) is 11.6 Å². The highest BCUT2D eigenvalue weighted by Crippen LogP contribution is 2.36. The quantitative estimate of drug-likeness (QED) is 0.440. The number of halogens is 2. The predicted molar refractivity (Wildman–Crippen MR) is 102 cm³/mol. The summed E-state index contributed by atoms with van der Waals surface area (Å²) in [5.41, 5.74) is 2.54. The Labute approximate surface area is 156 Å². The number of hydrogen-bond acceptors (Lipinski definition) is 3. The van der Waals surface area contributed by atoms with Gasteiger partial charge < -0.3 is 15.6 Å². The van der Waals surface area contributed by atoms with Gasteiger partial charge in [0.05, 0.1) is 23.4 Å². The van der Waals surface area contributed by atoms with Gasteiger partial charge in [-0.25, -0.2) is 4.39 Å². The normalized spacial score (nSPS) is 13.5. The first kappa shape index (κ1) is 19.4. The molecule has 0 atom stereocenters. The number of anilines is 1. The lowest BCUT2D eigenvalue weighted by Crippen LogP contribution is -2.05. The molecule has 0 fully saturated rings. The molecule has 0 saturated heterocycles.